The molecule has 156 valence electrons. The molecule has 0 saturated heterocycles. The molecule has 2 aromatic carbocycles. The van der Waals surface area contributed by atoms with Crippen LogP contribution in [0, 0.1) is 6.92 Å². The molecule has 0 radical (unpaired) electrons. The first-order valence-electron chi connectivity index (χ1n) is 9.37. The van der Waals surface area contributed by atoms with Crippen LogP contribution >= 0.6 is 11.3 Å². The van der Waals surface area contributed by atoms with Crippen molar-refractivity contribution < 1.29 is 23.8 Å². The number of thiazole rings is 1. The lowest BCUT2D eigenvalue weighted by Crippen LogP contribution is -2.15. The molecule has 8 heteroatoms. The fraction of sp³-hybridized carbons (Fsp3) is 0.227. The average molecular weight is 426 g/mol. The highest BCUT2D eigenvalue weighted by atomic mass is 32.1. The van der Waals surface area contributed by atoms with E-state index in [4.69, 9.17) is 14.2 Å². The van der Waals surface area contributed by atoms with Crippen LogP contribution in [0.4, 0.5) is 5.69 Å². The third kappa shape index (κ3) is 6.31. The van der Waals surface area contributed by atoms with E-state index in [1.165, 1.54) is 11.3 Å². The number of anilines is 1. The topological polar surface area (TPSA) is 86.8 Å². The van der Waals surface area contributed by atoms with Crippen LogP contribution in [0.1, 0.15) is 28.0 Å². The van der Waals surface area contributed by atoms with Crippen molar-refractivity contribution in [3.8, 4) is 11.5 Å². The Morgan fingerprint density at radius 2 is 1.87 bits per heavy atom. The Labute approximate surface area is 178 Å². The van der Waals surface area contributed by atoms with Crippen molar-refractivity contribution >= 4 is 28.9 Å². The summed E-state index contributed by atoms with van der Waals surface area (Å²) in [6.07, 6.45) is 0. The number of rotatable bonds is 9. The quantitative estimate of drug-likeness (QED) is 0.516. The Bertz CT molecular complexity index is 1000. The van der Waals surface area contributed by atoms with Crippen molar-refractivity contribution in [1.29, 1.82) is 0 Å². The molecule has 0 atom stereocenters. The van der Waals surface area contributed by atoms with Crippen molar-refractivity contribution in [1.82, 2.24) is 4.98 Å². The fourth-order valence-electron chi connectivity index (χ4n) is 2.46. The number of aromatic nitrogens is 1. The van der Waals surface area contributed by atoms with Gasteiger partial charge in [0, 0.05) is 17.1 Å². The summed E-state index contributed by atoms with van der Waals surface area (Å²) in [7, 11) is 0. The van der Waals surface area contributed by atoms with Crippen LogP contribution in [-0.4, -0.2) is 30.1 Å². The summed E-state index contributed by atoms with van der Waals surface area (Å²) in [5.74, 6) is 0.415. The molecule has 30 heavy (non-hydrogen) atoms. The summed E-state index contributed by atoms with van der Waals surface area (Å²) in [5.41, 5.74) is 2.00. The number of carbonyl (C=O) groups is 2. The highest BCUT2D eigenvalue weighted by molar-refractivity contribution is 7.09. The van der Waals surface area contributed by atoms with Gasteiger partial charge in [0.15, 0.2) is 6.61 Å². The summed E-state index contributed by atoms with van der Waals surface area (Å²) in [4.78, 5) is 28.2. The van der Waals surface area contributed by atoms with Crippen LogP contribution in [0.3, 0.4) is 0 Å². The van der Waals surface area contributed by atoms with Gasteiger partial charge in [0.2, 0.25) is 0 Å². The number of esters is 1. The summed E-state index contributed by atoms with van der Waals surface area (Å²) in [5, 5.41) is 5.16. The van der Waals surface area contributed by atoms with Gasteiger partial charge in [-0.05, 0) is 38.1 Å². The van der Waals surface area contributed by atoms with Crippen LogP contribution in [0.5, 0.6) is 11.5 Å². The third-order valence-corrected chi connectivity index (χ3v) is 4.74. The number of amides is 1. The number of hydrogen-bond donors (Lipinski definition) is 1. The largest absolute Gasteiger partial charge is 0.486 e. The van der Waals surface area contributed by atoms with Gasteiger partial charge in [-0.25, -0.2) is 9.78 Å². The molecule has 0 aliphatic heterocycles. The number of ether oxygens (including phenoxy) is 3. The van der Waals surface area contributed by atoms with Gasteiger partial charge >= 0.3 is 5.97 Å². The van der Waals surface area contributed by atoms with Gasteiger partial charge < -0.3 is 19.5 Å². The minimum Gasteiger partial charge on any atom is -0.486 e. The van der Waals surface area contributed by atoms with Crippen molar-refractivity contribution in [3.63, 3.8) is 0 Å². The van der Waals surface area contributed by atoms with E-state index in [0.29, 0.717) is 28.7 Å². The maximum atomic E-state index is 12.5. The molecule has 0 spiro atoms. The zero-order chi connectivity index (χ0) is 21.3. The summed E-state index contributed by atoms with van der Waals surface area (Å²) in [6, 6.07) is 14.5. The van der Waals surface area contributed by atoms with E-state index in [-0.39, 0.29) is 19.1 Å². The number of benzene rings is 2. The minimum absolute atomic E-state index is 0.193. The van der Waals surface area contributed by atoms with Gasteiger partial charge in [-0.1, -0.05) is 23.8 Å². The molecule has 0 aliphatic rings. The summed E-state index contributed by atoms with van der Waals surface area (Å²) >= 11 is 1.36. The van der Waals surface area contributed by atoms with Crippen LogP contribution in [0.2, 0.25) is 0 Å². The van der Waals surface area contributed by atoms with Gasteiger partial charge in [0.25, 0.3) is 5.91 Å². The highest BCUT2D eigenvalue weighted by Crippen LogP contribution is 2.20. The number of nitrogens with zero attached hydrogens (tertiary/aromatic N) is 1. The first kappa shape index (κ1) is 21.3. The van der Waals surface area contributed by atoms with Crippen LogP contribution in [0.15, 0.2) is 53.9 Å². The van der Waals surface area contributed by atoms with Crippen molar-refractivity contribution in [2.75, 3.05) is 18.5 Å². The van der Waals surface area contributed by atoms with E-state index in [0.717, 1.165) is 11.3 Å². The first-order valence-corrected chi connectivity index (χ1v) is 10.2. The molecule has 0 saturated carbocycles. The Morgan fingerprint density at radius 3 is 2.63 bits per heavy atom. The predicted molar refractivity (Wildman–Crippen MR) is 114 cm³/mol. The van der Waals surface area contributed by atoms with Crippen LogP contribution in [0.25, 0.3) is 0 Å². The average Bonchev–Trinajstić information content (AvgIpc) is 3.22. The minimum atomic E-state index is -0.449. The second kappa shape index (κ2) is 10.4. The number of hydrogen-bond acceptors (Lipinski definition) is 7. The van der Waals surface area contributed by atoms with E-state index in [2.05, 4.69) is 10.3 Å². The van der Waals surface area contributed by atoms with E-state index >= 15 is 0 Å². The van der Waals surface area contributed by atoms with Crippen LogP contribution < -0.4 is 14.8 Å². The van der Waals surface area contributed by atoms with Gasteiger partial charge in [-0.15, -0.1) is 11.3 Å². The number of nitrogens with one attached hydrogen (secondary N) is 1. The first-order chi connectivity index (χ1) is 14.5. The highest BCUT2D eigenvalue weighted by Gasteiger charge is 2.12. The zero-order valence-electron chi connectivity index (χ0n) is 16.7. The second-order valence-electron chi connectivity index (χ2n) is 6.30. The summed E-state index contributed by atoms with van der Waals surface area (Å²) < 4.78 is 15.9. The molecule has 0 bridgehead atoms. The van der Waals surface area contributed by atoms with Crippen molar-refractivity contribution in [2.24, 2.45) is 0 Å². The normalized spacial score (nSPS) is 10.3. The van der Waals surface area contributed by atoms with Crippen molar-refractivity contribution in [2.45, 2.75) is 20.5 Å². The monoisotopic (exact) mass is 426 g/mol. The molecule has 1 heterocycles. The van der Waals surface area contributed by atoms with E-state index in [1.807, 2.05) is 31.2 Å². The lowest BCUT2D eigenvalue weighted by molar-refractivity contribution is -0.145. The molecule has 1 amide bonds. The number of aryl methyl sites for hydroxylation is 1. The fourth-order valence-corrected chi connectivity index (χ4v) is 3.15. The van der Waals surface area contributed by atoms with E-state index in [1.54, 1.807) is 36.6 Å². The van der Waals surface area contributed by atoms with E-state index < -0.39 is 5.97 Å². The lowest BCUT2D eigenvalue weighted by Gasteiger charge is -2.08. The lowest BCUT2D eigenvalue weighted by atomic mass is 10.2. The molecule has 0 fully saturated rings. The standard InChI is InChI=1S/C22H22N2O5S/c1-3-27-21(25)13-29-18-6-4-5-16(11-18)23-22(26)19-14-30-20(24-19)12-28-17-9-7-15(2)8-10-17/h4-11,14H,3,12-13H2,1-2H3,(H,23,26). The molecule has 7 nitrogen and oxygen atoms in total. The molecule has 1 aromatic heterocycles. The van der Waals surface area contributed by atoms with Gasteiger partial charge in [-0.2, -0.15) is 0 Å². The molecule has 1 N–H and O–H groups in total. The van der Waals surface area contributed by atoms with Gasteiger partial charge in [0.1, 0.15) is 28.8 Å². The smallest absolute Gasteiger partial charge is 0.344 e. The zero-order valence-corrected chi connectivity index (χ0v) is 17.5. The third-order valence-electron chi connectivity index (χ3n) is 3.92. The van der Waals surface area contributed by atoms with Crippen LogP contribution in [-0.2, 0) is 16.1 Å². The molecule has 3 aromatic rings. The second-order valence-corrected chi connectivity index (χ2v) is 7.25. The molecule has 0 unspecified atom stereocenters. The Morgan fingerprint density at radius 1 is 1.07 bits per heavy atom. The number of carbonyl (C=O) groups excluding carboxylic acids is 2. The summed E-state index contributed by atoms with van der Waals surface area (Å²) in [6.45, 7) is 4.13. The SMILES string of the molecule is CCOC(=O)COc1cccc(NC(=O)c2csc(COc3ccc(C)cc3)n2)c1. The van der Waals surface area contributed by atoms with Crippen molar-refractivity contribution in [3.05, 3.63) is 70.2 Å². The molecular formula is C22H22N2O5S. The predicted octanol–water partition coefficient (Wildman–Crippen LogP) is 4.22. The van der Waals surface area contributed by atoms with Gasteiger partial charge in [0.05, 0.1) is 6.61 Å². The van der Waals surface area contributed by atoms with Gasteiger partial charge in [-0.3, -0.25) is 4.79 Å². The molecular weight excluding hydrogens is 404 g/mol. The Hall–Kier alpha value is -3.39. The maximum absolute atomic E-state index is 12.5. The maximum Gasteiger partial charge on any atom is 0.344 e. The van der Waals surface area contributed by atoms with E-state index in [9.17, 15) is 9.59 Å². The Balaban J connectivity index is 1.54. The molecule has 3 rings (SSSR count). The molecule has 0 aliphatic carbocycles. The Kier molecular flexibility index (Phi) is 7.40.